The fourth-order valence-electron chi connectivity index (χ4n) is 4.79. The molecular weight excluding hydrogens is 538 g/mol. The van der Waals surface area contributed by atoms with Crippen molar-refractivity contribution < 1.29 is 24.5 Å². The molecular formula is C31H61N5O6. The third-order valence-corrected chi connectivity index (χ3v) is 7.27. The molecule has 0 fully saturated rings. The van der Waals surface area contributed by atoms with E-state index in [4.69, 9.17) is 9.84 Å². The van der Waals surface area contributed by atoms with Gasteiger partial charge in [0.1, 0.15) is 5.10 Å². The van der Waals surface area contributed by atoms with E-state index in [9.17, 15) is 19.7 Å². The minimum absolute atomic E-state index is 0.0654. The lowest BCUT2D eigenvalue weighted by molar-refractivity contribution is -0.485. The van der Waals surface area contributed by atoms with Crippen molar-refractivity contribution in [3.63, 3.8) is 0 Å². The lowest BCUT2D eigenvalue weighted by atomic mass is 10.1. The molecule has 0 aliphatic rings. The Bertz CT molecular complexity index is 720. The summed E-state index contributed by atoms with van der Waals surface area (Å²) in [6.45, 7) is 6.28. The Hall–Kier alpha value is -2.43. The Morgan fingerprint density at radius 1 is 0.762 bits per heavy atom. The number of guanidine groups is 1. The number of ether oxygens (including phenoxy) is 1. The van der Waals surface area contributed by atoms with Crippen LogP contribution < -0.4 is 5.32 Å². The summed E-state index contributed by atoms with van der Waals surface area (Å²) in [7, 11) is 3.44. The van der Waals surface area contributed by atoms with E-state index >= 15 is 0 Å². The molecule has 0 aromatic rings. The first-order chi connectivity index (χ1) is 20.3. The van der Waals surface area contributed by atoms with Crippen molar-refractivity contribution in [1.29, 1.82) is 0 Å². The molecule has 42 heavy (non-hydrogen) atoms. The average molecular weight is 600 g/mol. The number of nitro groups is 1. The highest BCUT2D eigenvalue weighted by molar-refractivity contribution is 5.78. The number of carboxylic acid groups (broad SMARTS) is 1. The van der Waals surface area contributed by atoms with Crippen molar-refractivity contribution in [3.8, 4) is 0 Å². The summed E-state index contributed by atoms with van der Waals surface area (Å²) in [6, 6.07) is 0. The number of hydrogen-bond acceptors (Lipinski definition) is 6. The fraction of sp³-hybridized carbons (Fsp3) is 0.903. The molecule has 0 aromatic heterocycles. The van der Waals surface area contributed by atoms with E-state index in [1.54, 1.807) is 19.0 Å². The van der Waals surface area contributed by atoms with Gasteiger partial charge in [-0.2, -0.15) is 0 Å². The number of hydrazone groups is 1. The van der Waals surface area contributed by atoms with E-state index in [1.807, 2.05) is 0 Å². The van der Waals surface area contributed by atoms with Gasteiger partial charge in [0.15, 0.2) is 5.03 Å². The van der Waals surface area contributed by atoms with Gasteiger partial charge in [0, 0.05) is 33.5 Å². The van der Waals surface area contributed by atoms with Crippen LogP contribution in [0, 0.1) is 10.1 Å². The number of rotatable bonds is 29. The molecule has 0 aliphatic carbocycles. The Kier molecular flexibility index (Phi) is 27.0. The van der Waals surface area contributed by atoms with Crippen LogP contribution in [0.2, 0.25) is 0 Å². The molecule has 0 saturated heterocycles. The second-order valence-electron chi connectivity index (χ2n) is 11.4. The van der Waals surface area contributed by atoms with Gasteiger partial charge >= 0.3 is 11.9 Å². The quantitative estimate of drug-likeness (QED) is 0.0248. The summed E-state index contributed by atoms with van der Waals surface area (Å²) in [5.41, 5.74) is 0. The van der Waals surface area contributed by atoms with Crippen LogP contribution in [0.3, 0.4) is 0 Å². The summed E-state index contributed by atoms with van der Waals surface area (Å²) in [6.07, 6.45) is 20.3. The van der Waals surface area contributed by atoms with Crippen molar-refractivity contribution in [3.05, 3.63) is 10.1 Å². The molecule has 0 atom stereocenters. The number of unbranched alkanes of at least 4 members (excludes halogenated alkanes) is 14. The van der Waals surface area contributed by atoms with Crippen LogP contribution in [0.4, 0.5) is 0 Å². The van der Waals surface area contributed by atoms with Crippen molar-refractivity contribution in [1.82, 2.24) is 15.1 Å². The van der Waals surface area contributed by atoms with Gasteiger partial charge in [-0.25, -0.2) is 10.1 Å². The zero-order valence-corrected chi connectivity index (χ0v) is 27.0. The van der Waals surface area contributed by atoms with E-state index in [2.05, 4.69) is 22.2 Å². The van der Waals surface area contributed by atoms with Gasteiger partial charge in [-0.05, 0) is 58.2 Å². The van der Waals surface area contributed by atoms with E-state index in [0.717, 1.165) is 103 Å². The van der Waals surface area contributed by atoms with Gasteiger partial charge in [0.25, 0.3) is 5.96 Å². The largest absolute Gasteiger partial charge is 0.481 e. The molecule has 11 nitrogen and oxygen atoms in total. The molecule has 246 valence electrons. The molecule has 0 spiro atoms. The van der Waals surface area contributed by atoms with Crippen molar-refractivity contribution in [2.45, 2.75) is 135 Å². The predicted octanol–water partition coefficient (Wildman–Crippen LogP) is 6.44. The van der Waals surface area contributed by atoms with Crippen LogP contribution in [-0.2, 0) is 14.3 Å². The van der Waals surface area contributed by atoms with Crippen molar-refractivity contribution >= 4 is 17.9 Å². The maximum atomic E-state index is 12.0. The number of carboxylic acids is 1. The molecule has 0 bridgehead atoms. The van der Waals surface area contributed by atoms with Crippen molar-refractivity contribution in [2.24, 2.45) is 5.10 Å². The lowest BCUT2D eigenvalue weighted by Gasteiger charge is -2.23. The summed E-state index contributed by atoms with van der Waals surface area (Å²) in [4.78, 5) is 37.4. The molecule has 0 unspecified atom stereocenters. The second kappa shape index (κ2) is 28.7. The normalized spacial score (nSPS) is 11.6. The summed E-state index contributed by atoms with van der Waals surface area (Å²) >= 11 is 0. The summed E-state index contributed by atoms with van der Waals surface area (Å²) < 4.78 is 5.38. The number of carbonyl (C=O) groups is 2. The van der Waals surface area contributed by atoms with Crippen molar-refractivity contribution in [2.75, 3.05) is 46.9 Å². The number of carbonyl (C=O) groups excluding carboxylic acids is 1. The molecule has 11 heteroatoms. The maximum Gasteiger partial charge on any atom is 0.305 e. The second-order valence-corrected chi connectivity index (χ2v) is 11.4. The zero-order valence-electron chi connectivity index (χ0n) is 27.0. The van der Waals surface area contributed by atoms with Crippen LogP contribution in [0.25, 0.3) is 0 Å². The first-order valence-electron chi connectivity index (χ1n) is 16.5. The minimum atomic E-state index is -0.728. The Labute approximate surface area is 255 Å². The molecule has 0 heterocycles. The third kappa shape index (κ3) is 27.7. The minimum Gasteiger partial charge on any atom is -0.481 e. The number of aliphatic carboxylic acids is 1. The van der Waals surface area contributed by atoms with Gasteiger partial charge in [0.2, 0.25) is 0 Å². The lowest BCUT2D eigenvalue weighted by Crippen LogP contribution is -2.38. The molecule has 0 aromatic carbocycles. The van der Waals surface area contributed by atoms with Crippen LogP contribution in [0.1, 0.15) is 135 Å². The number of hydrogen-bond donors (Lipinski definition) is 2. The SMILES string of the molecule is CCCCCCCCCOC(=O)CCCCCCCN(CCCCCCCC(=O)O)CCCN/C(=N/[N+](=O)[O-])N(C)C. The topological polar surface area (TPSA) is 138 Å². The third-order valence-electron chi connectivity index (χ3n) is 7.27. The molecule has 0 aliphatic heterocycles. The van der Waals surface area contributed by atoms with Crippen LogP contribution in [-0.4, -0.2) is 84.7 Å². The number of nitrogens with zero attached hydrogens (tertiary/aromatic N) is 4. The van der Waals surface area contributed by atoms with E-state index in [1.165, 1.54) is 32.1 Å². The Balaban J connectivity index is 4.16. The van der Waals surface area contributed by atoms with E-state index in [-0.39, 0.29) is 18.3 Å². The first kappa shape index (κ1) is 39.6. The van der Waals surface area contributed by atoms with Crippen LogP contribution >= 0.6 is 0 Å². The highest BCUT2D eigenvalue weighted by Crippen LogP contribution is 2.11. The number of nitrogens with one attached hydrogen (secondary N) is 1. The Morgan fingerprint density at radius 2 is 1.26 bits per heavy atom. The Morgan fingerprint density at radius 3 is 1.81 bits per heavy atom. The molecule has 0 rings (SSSR count). The fourth-order valence-corrected chi connectivity index (χ4v) is 4.79. The maximum absolute atomic E-state index is 12.0. The number of esters is 1. The van der Waals surface area contributed by atoms with Crippen LogP contribution in [0.15, 0.2) is 5.10 Å². The predicted molar refractivity (Wildman–Crippen MR) is 169 cm³/mol. The van der Waals surface area contributed by atoms with Crippen LogP contribution in [0.5, 0.6) is 0 Å². The first-order valence-corrected chi connectivity index (χ1v) is 16.5. The van der Waals surface area contributed by atoms with Gasteiger partial charge < -0.3 is 25.0 Å². The molecule has 0 saturated carbocycles. The average Bonchev–Trinajstić information content (AvgIpc) is 2.93. The summed E-state index contributed by atoms with van der Waals surface area (Å²) in [5.74, 6) is -0.548. The van der Waals surface area contributed by atoms with Gasteiger partial charge in [-0.15, -0.1) is 0 Å². The van der Waals surface area contributed by atoms with E-state index < -0.39 is 11.0 Å². The summed E-state index contributed by atoms with van der Waals surface area (Å²) in [5, 5.41) is 25.3. The zero-order chi connectivity index (χ0) is 31.3. The highest BCUT2D eigenvalue weighted by atomic mass is 16.7. The standard InChI is InChI=1S/C31H61N5O6/c1-4-5-6-7-8-15-20-28-42-30(39)23-17-12-10-14-19-26-35(25-18-13-9-11-16-22-29(37)38)27-21-24-32-31(34(2)3)33-36(40)41/h4-28H2,1-3H3,(H,32,33)(H,37,38). The molecule has 2 N–H and O–H groups in total. The van der Waals surface area contributed by atoms with Gasteiger partial charge in [-0.3, -0.25) is 9.59 Å². The van der Waals surface area contributed by atoms with Gasteiger partial charge in [0.05, 0.1) is 6.61 Å². The molecule has 0 amide bonds. The van der Waals surface area contributed by atoms with Gasteiger partial charge in [-0.1, -0.05) is 84.0 Å². The van der Waals surface area contributed by atoms with E-state index in [0.29, 0.717) is 19.6 Å². The highest BCUT2D eigenvalue weighted by Gasteiger charge is 2.09. The monoisotopic (exact) mass is 599 g/mol. The molecule has 0 radical (unpaired) electrons. The smallest absolute Gasteiger partial charge is 0.305 e.